The Morgan fingerprint density at radius 2 is 1.71 bits per heavy atom. The van der Waals surface area contributed by atoms with Crippen LogP contribution >= 0.6 is 11.8 Å². The van der Waals surface area contributed by atoms with Gasteiger partial charge in [-0.15, -0.1) is 0 Å². The topological polar surface area (TPSA) is 46.2 Å². The number of amides is 1. The fourth-order valence-corrected chi connectivity index (χ4v) is 4.65. The predicted octanol–water partition coefficient (Wildman–Crippen LogP) is 7.70. The first-order chi connectivity index (χ1) is 14.2. The summed E-state index contributed by atoms with van der Waals surface area (Å²) in [5.41, 5.74) is -1.99. The molecule has 0 unspecified atom stereocenters. The minimum atomic E-state index is -4.53. The van der Waals surface area contributed by atoms with E-state index in [4.69, 9.17) is 0 Å². The lowest BCUT2D eigenvalue weighted by atomic mass is 9.69. The van der Waals surface area contributed by atoms with Gasteiger partial charge in [-0.1, -0.05) is 53.9 Å². The molecule has 7 heteroatoms. The number of alkyl halides is 3. The zero-order valence-electron chi connectivity index (χ0n) is 19.1. The van der Waals surface area contributed by atoms with Crippen molar-refractivity contribution < 1.29 is 22.8 Å². The molecule has 1 aliphatic carbocycles. The number of rotatable bonds is 6. The third kappa shape index (κ3) is 6.99. The number of carbonyl (C=O) groups is 2. The molecule has 0 saturated heterocycles. The van der Waals surface area contributed by atoms with Crippen LogP contribution in [0.15, 0.2) is 23.1 Å². The van der Waals surface area contributed by atoms with Crippen molar-refractivity contribution in [2.45, 2.75) is 90.6 Å². The molecule has 0 radical (unpaired) electrons. The van der Waals surface area contributed by atoms with Gasteiger partial charge in [-0.2, -0.15) is 13.2 Å². The lowest BCUT2D eigenvalue weighted by molar-refractivity contribution is -0.137. The van der Waals surface area contributed by atoms with Crippen molar-refractivity contribution in [2.24, 2.45) is 16.7 Å². The average molecular weight is 458 g/mol. The molecule has 0 atom stereocenters. The van der Waals surface area contributed by atoms with Gasteiger partial charge in [-0.25, -0.2) is 0 Å². The highest BCUT2D eigenvalue weighted by Gasteiger charge is 2.40. The van der Waals surface area contributed by atoms with E-state index in [0.29, 0.717) is 10.8 Å². The predicted molar refractivity (Wildman–Crippen MR) is 120 cm³/mol. The van der Waals surface area contributed by atoms with E-state index < -0.39 is 22.6 Å². The van der Waals surface area contributed by atoms with Crippen LogP contribution in [0.4, 0.5) is 18.9 Å². The van der Waals surface area contributed by atoms with Crippen LogP contribution in [0.1, 0.15) is 85.1 Å². The van der Waals surface area contributed by atoms with E-state index in [1.165, 1.54) is 6.07 Å². The summed E-state index contributed by atoms with van der Waals surface area (Å²) in [4.78, 5) is 26.3. The van der Waals surface area contributed by atoms with Gasteiger partial charge in [-0.3, -0.25) is 9.59 Å². The number of nitrogens with one attached hydrogen (secondary N) is 1. The molecule has 2 rings (SSSR count). The van der Waals surface area contributed by atoms with Crippen molar-refractivity contribution >= 4 is 28.5 Å². The fraction of sp³-hybridized carbons (Fsp3) is 0.667. The number of halogens is 3. The Bertz CT molecular complexity index is 791. The molecule has 0 heterocycles. The number of thioether (sulfide) groups is 1. The van der Waals surface area contributed by atoms with Gasteiger partial charge in [0.1, 0.15) is 0 Å². The SMILES string of the molecule is CC(C)CCC1(C(=O)Nc2cc(C(F)(F)F)ccc2SC(=O)C(C)(C)C)CCCCC1. The highest BCUT2D eigenvalue weighted by molar-refractivity contribution is 8.13. The molecule has 31 heavy (non-hydrogen) atoms. The molecule has 0 spiro atoms. The van der Waals surface area contributed by atoms with Gasteiger partial charge in [0.25, 0.3) is 0 Å². The van der Waals surface area contributed by atoms with Gasteiger partial charge >= 0.3 is 6.18 Å². The molecule has 1 aromatic carbocycles. The zero-order valence-corrected chi connectivity index (χ0v) is 19.9. The van der Waals surface area contributed by atoms with Crippen molar-refractivity contribution in [1.82, 2.24) is 0 Å². The van der Waals surface area contributed by atoms with E-state index in [-0.39, 0.29) is 16.7 Å². The van der Waals surface area contributed by atoms with Crippen LogP contribution in [-0.4, -0.2) is 11.0 Å². The van der Waals surface area contributed by atoms with Crippen LogP contribution in [0, 0.1) is 16.7 Å². The fourth-order valence-electron chi connectivity index (χ4n) is 3.78. The molecular formula is C24H34F3NO2S. The molecule has 1 N–H and O–H groups in total. The largest absolute Gasteiger partial charge is 0.416 e. The third-order valence-electron chi connectivity index (χ3n) is 5.86. The number of benzene rings is 1. The number of hydrogen-bond donors (Lipinski definition) is 1. The molecule has 1 aliphatic rings. The summed E-state index contributed by atoms with van der Waals surface area (Å²) < 4.78 is 40.0. The summed E-state index contributed by atoms with van der Waals surface area (Å²) in [7, 11) is 0. The minimum absolute atomic E-state index is 0.0666. The zero-order chi connectivity index (χ0) is 23.4. The monoisotopic (exact) mass is 457 g/mol. The van der Waals surface area contributed by atoms with Crippen LogP contribution in [0.25, 0.3) is 0 Å². The van der Waals surface area contributed by atoms with E-state index in [0.717, 1.165) is 68.8 Å². The van der Waals surface area contributed by atoms with Gasteiger partial charge in [0.2, 0.25) is 5.91 Å². The number of hydrogen-bond acceptors (Lipinski definition) is 3. The van der Waals surface area contributed by atoms with E-state index in [1.807, 2.05) is 0 Å². The Balaban J connectivity index is 2.38. The number of carbonyl (C=O) groups excluding carboxylic acids is 2. The molecule has 1 aromatic rings. The smallest absolute Gasteiger partial charge is 0.325 e. The normalized spacial score (nSPS) is 16.9. The van der Waals surface area contributed by atoms with Gasteiger partial charge in [0.05, 0.1) is 11.3 Å². The minimum Gasteiger partial charge on any atom is -0.325 e. The lowest BCUT2D eigenvalue weighted by Gasteiger charge is -2.36. The first-order valence-electron chi connectivity index (χ1n) is 11.0. The molecule has 174 valence electrons. The molecule has 1 amide bonds. The molecule has 0 aliphatic heterocycles. The second-order valence-corrected chi connectivity index (χ2v) is 11.1. The van der Waals surface area contributed by atoms with Crippen LogP contribution in [0.3, 0.4) is 0 Å². The highest BCUT2D eigenvalue weighted by Crippen LogP contribution is 2.44. The Kier molecular flexibility index (Phi) is 8.28. The standard InChI is InChI=1S/C24H34F3NO2S/c1-16(2)11-14-23(12-7-6-8-13-23)20(29)28-18-15-17(24(25,26)27)9-10-19(18)31-21(30)22(3,4)5/h9-10,15-16H,6-8,11-14H2,1-5H3,(H,28,29). The molecule has 0 aromatic heterocycles. The first-order valence-corrected chi connectivity index (χ1v) is 11.8. The molecule has 3 nitrogen and oxygen atoms in total. The maximum atomic E-state index is 13.4. The molecule has 1 fully saturated rings. The van der Waals surface area contributed by atoms with Crippen LogP contribution in [0.2, 0.25) is 0 Å². The molecule has 0 bridgehead atoms. The first kappa shape index (κ1) is 25.8. The van der Waals surface area contributed by atoms with E-state index in [2.05, 4.69) is 19.2 Å². The maximum Gasteiger partial charge on any atom is 0.416 e. The Hall–Kier alpha value is -1.50. The average Bonchev–Trinajstić information content (AvgIpc) is 2.66. The summed E-state index contributed by atoms with van der Waals surface area (Å²) in [6, 6.07) is 3.20. The van der Waals surface area contributed by atoms with Crippen LogP contribution in [-0.2, 0) is 15.8 Å². The summed E-state index contributed by atoms with van der Waals surface area (Å²) in [5.74, 6) is 0.216. The second kappa shape index (κ2) is 9.97. The van der Waals surface area contributed by atoms with Crippen molar-refractivity contribution in [1.29, 1.82) is 0 Å². The van der Waals surface area contributed by atoms with E-state index in [1.54, 1.807) is 20.8 Å². The molecule has 1 saturated carbocycles. The van der Waals surface area contributed by atoms with E-state index >= 15 is 0 Å². The van der Waals surface area contributed by atoms with Gasteiger partial charge in [-0.05, 0) is 61.6 Å². The van der Waals surface area contributed by atoms with Crippen LogP contribution in [0.5, 0.6) is 0 Å². The summed E-state index contributed by atoms with van der Waals surface area (Å²) in [5, 5.41) is 2.63. The Morgan fingerprint density at radius 3 is 2.23 bits per heavy atom. The van der Waals surface area contributed by atoms with Crippen molar-refractivity contribution in [3.8, 4) is 0 Å². The van der Waals surface area contributed by atoms with Gasteiger partial charge in [0, 0.05) is 15.7 Å². The van der Waals surface area contributed by atoms with Gasteiger partial charge < -0.3 is 5.32 Å². The van der Waals surface area contributed by atoms with Crippen molar-refractivity contribution in [3.63, 3.8) is 0 Å². The lowest BCUT2D eigenvalue weighted by Crippen LogP contribution is -2.38. The Morgan fingerprint density at radius 1 is 1.10 bits per heavy atom. The Labute approximate surface area is 187 Å². The quantitative estimate of drug-likeness (QED) is 0.445. The summed E-state index contributed by atoms with van der Waals surface area (Å²) in [6.07, 6.45) is 1.52. The van der Waals surface area contributed by atoms with Gasteiger partial charge in [0.15, 0.2) is 5.12 Å². The second-order valence-electron chi connectivity index (χ2n) is 10.1. The maximum absolute atomic E-state index is 13.4. The summed E-state index contributed by atoms with van der Waals surface area (Å²) in [6.45, 7) is 9.48. The highest BCUT2D eigenvalue weighted by atomic mass is 32.2. The molecular weight excluding hydrogens is 423 g/mol. The van der Waals surface area contributed by atoms with Crippen molar-refractivity contribution in [2.75, 3.05) is 5.32 Å². The van der Waals surface area contributed by atoms with Crippen LogP contribution < -0.4 is 5.32 Å². The third-order valence-corrected chi connectivity index (χ3v) is 7.24. The summed E-state index contributed by atoms with van der Waals surface area (Å²) >= 11 is 0.881. The van der Waals surface area contributed by atoms with Crippen molar-refractivity contribution in [3.05, 3.63) is 23.8 Å². The number of anilines is 1. The van der Waals surface area contributed by atoms with E-state index in [9.17, 15) is 22.8 Å².